The zero-order chi connectivity index (χ0) is 22.0. The van der Waals surface area contributed by atoms with Gasteiger partial charge in [-0.1, -0.05) is 49.4 Å². The van der Waals surface area contributed by atoms with E-state index in [2.05, 4.69) is 10.6 Å². The number of hydrogen-bond acceptors (Lipinski definition) is 4. The zero-order valence-electron chi connectivity index (χ0n) is 17.6. The molecule has 2 rings (SSSR count). The van der Waals surface area contributed by atoms with Crippen molar-refractivity contribution >= 4 is 21.7 Å². The van der Waals surface area contributed by atoms with Crippen LogP contribution in [0.3, 0.4) is 0 Å². The summed E-state index contributed by atoms with van der Waals surface area (Å²) in [5.74, 6) is -1.26. The molecule has 30 heavy (non-hydrogen) atoms. The highest BCUT2D eigenvalue weighted by atomic mass is 32.2. The van der Waals surface area contributed by atoms with Crippen LogP contribution >= 0.6 is 0 Å². The van der Waals surface area contributed by atoms with Gasteiger partial charge in [0, 0.05) is 18.2 Å². The molecule has 0 bridgehead atoms. The van der Waals surface area contributed by atoms with Crippen LogP contribution in [-0.2, 0) is 27.6 Å². The molecule has 0 radical (unpaired) electrons. The molecule has 0 spiro atoms. The summed E-state index contributed by atoms with van der Waals surface area (Å²) in [5, 5.41) is 5.53. The van der Waals surface area contributed by atoms with Crippen LogP contribution in [0.2, 0.25) is 0 Å². The molecule has 0 aromatic heterocycles. The van der Waals surface area contributed by atoms with Crippen LogP contribution in [0.5, 0.6) is 0 Å². The number of carbonyl (C=O) groups is 2. The molecule has 162 valence electrons. The van der Waals surface area contributed by atoms with Crippen LogP contribution in [0.4, 0.5) is 0 Å². The fraction of sp³-hybridized carbons (Fsp3) is 0.391. The van der Waals surface area contributed by atoms with E-state index in [0.717, 1.165) is 17.5 Å². The first-order chi connectivity index (χ1) is 14.3. The van der Waals surface area contributed by atoms with Gasteiger partial charge < -0.3 is 10.6 Å². The van der Waals surface area contributed by atoms with Gasteiger partial charge >= 0.3 is 0 Å². The molecule has 2 aromatic carbocycles. The number of nitrogens with one attached hydrogen (secondary N) is 2. The molecule has 0 saturated carbocycles. The molecule has 1 atom stereocenters. The number of hydrogen-bond donors (Lipinski definition) is 2. The summed E-state index contributed by atoms with van der Waals surface area (Å²) in [6.07, 6.45) is 1.97. The zero-order valence-corrected chi connectivity index (χ0v) is 18.4. The number of benzene rings is 2. The molecule has 1 unspecified atom stereocenters. The lowest BCUT2D eigenvalue weighted by Gasteiger charge is -2.12. The molecule has 2 aromatic rings. The Morgan fingerprint density at radius 2 is 1.70 bits per heavy atom. The van der Waals surface area contributed by atoms with Crippen molar-refractivity contribution in [1.82, 2.24) is 10.6 Å². The Kier molecular flexibility index (Phi) is 9.05. The van der Waals surface area contributed by atoms with Crippen LogP contribution in [-0.4, -0.2) is 37.8 Å². The van der Waals surface area contributed by atoms with Crippen LogP contribution in [0, 0.1) is 0 Å². The quantitative estimate of drug-likeness (QED) is 0.573. The Morgan fingerprint density at radius 1 is 1.00 bits per heavy atom. The van der Waals surface area contributed by atoms with Crippen molar-refractivity contribution in [1.29, 1.82) is 0 Å². The number of aryl methyl sites for hydroxylation is 1. The molecular weight excluding hydrogens is 400 g/mol. The standard InChI is InChI=1S/C23H30N2O4S/c1-3-18(2)25-23(27)21-13-7-11-20(15-21)16-24-22(26)17-30(28,29)14-8-12-19-9-5-4-6-10-19/h4-7,9-11,13,15,18H,3,8,12,14,16-17H2,1-2H3,(H,24,26)(H,25,27). The Balaban J connectivity index is 1.80. The van der Waals surface area contributed by atoms with Crippen LogP contribution < -0.4 is 10.6 Å². The third-order valence-corrected chi connectivity index (χ3v) is 6.40. The summed E-state index contributed by atoms with van der Waals surface area (Å²) in [4.78, 5) is 24.3. The van der Waals surface area contributed by atoms with Gasteiger partial charge in [0.1, 0.15) is 5.75 Å². The average Bonchev–Trinajstić information content (AvgIpc) is 2.72. The lowest BCUT2D eigenvalue weighted by atomic mass is 10.1. The predicted octanol–water partition coefficient (Wildman–Crippen LogP) is 2.88. The highest BCUT2D eigenvalue weighted by Gasteiger charge is 2.16. The van der Waals surface area contributed by atoms with Gasteiger partial charge in [0.2, 0.25) is 5.91 Å². The second kappa shape index (κ2) is 11.5. The molecule has 0 aliphatic rings. The largest absolute Gasteiger partial charge is 0.351 e. The minimum atomic E-state index is -3.47. The van der Waals surface area contributed by atoms with Gasteiger partial charge in [-0.15, -0.1) is 0 Å². The average molecular weight is 431 g/mol. The first-order valence-corrected chi connectivity index (χ1v) is 12.0. The number of amides is 2. The molecule has 2 N–H and O–H groups in total. The predicted molar refractivity (Wildman–Crippen MR) is 119 cm³/mol. The van der Waals surface area contributed by atoms with E-state index in [-0.39, 0.29) is 24.2 Å². The summed E-state index contributed by atoms with van der Waals surface area (Å²) in [6.45, 7) is 4.09. The van der Waals surface area contributed by atoms with E-state index < -0.39 is 21.5 Å². The van der Waals surface area contributed by atoms with Crippen molar-refractivity contribution in [2.24, 2.45) is 0 Å². The van der Waals surface area contributed by atoms with Gasteiger partial charge in [-0.25, -0.2) is 8.42 Å². The van der Waals surface area contributed by atoms with Crippen molar-refractivity contribution < 1.29 is 18.0 Å². The topological polar surface area (TPSA) is 92.3 Å². The Morgan fingerprint density at radius 3 is 2.40 bits per heavy atom. The van der Waals surface area contributed by atoms with E-state index >= 15 is 0 Å². The van der Waals surface area contributed by atoms with Gasteiger partial charge in [0.05, 0.1) is 5.75 Å². The number of carbonyl (C=O) groups excluding carboxylic acids is 2. The van der Waals surface area contributed by atoms with E-state index in [0.29, 0.717) is 18.4 Å². The summed E-state index contributed by atoms with van der Waals surface area (Å²) in [5.41, 5.74) is 2.33. The second-order valence-electron chi connectivity index (χ2n) is 7.44. The number of sulfone groups is 1. The van der Waals surface area contributed by atoms with Gasteiger partial charge in [-0.05, 0) is 49.4 Å². The first-order valence-electron chi connectivity index (χ1n) is 10.2. The molecule has 7 heteroatoms. The van der Waals surface area contributed by atoms with Crippen molar-refractivity contribution in [3.8, 4) is 0 Å². The lowest BCUT2D eigenvalue weighted by molar-refractivity contribution is -0.118. The first kappa shape index (κ1) is 23.6. The van der Waals surface area contributed by atoms with Crippen molar-refractivity contribution in [2.45, 2.75) is 45.7 Å². The fourth-order valence-corrected chi connectivity index (χ4v) is 4.13. The molecule has 0 aliphatic carbocycles. The molecule has 0 fully saturated rings. The van der Waals surface area contributed by atoms with E-state index in [1.165, 1.54) is 0 Å². The molecule has 6 nitrogen and oxygen atoms in total. The lowest BCUT2D eigenvalue weighted by Crippen LogP contribution is -2.32. The summed E-state index contributed by atoms with van der Waals surface area (Å²) in [7, 11) is -3.47. The Bertz CT molecular complexity index is 943. The highest BCUT2D eigenvalue weighted by Crippen LogP contribution is 2.07. The Hall–Kier alpha value is -2.67. The Labute approximate surface area is 179 Å². The molecule has 0 saturated heterocycles. The van der Waals surface area contributed by atoms with Gasteiger partial charge in [0.15, 0.2) is 9.84 Å². The van der Waals surface area contributed by atoms with Crippen LogP contribution in [0.15, 0.2) is 54.6 Å². The van der Waals surface area contributed by atoms with Gasteiger partial charge in [-0.2, -0.15) is 0 Å². The normalized spacial score (nSPS) is 12.2. The summed E-state index contributed by atoms with van der Waals surface area (Å²) in [6, 6.07) is 16.7. The van der Waals surface area contributed by atoms with Crippen molar-refractivity contribution in [2.75, 3.05) is 11.5 Å². The molecule has 2 amide bonds. The minimum Gasteiger partial charge on any atom is -0.351 e. The van der Waals surface area contributed by atoms with E-state index in [1.54, 1.807) is 24.3 Å². The fourth-order valence-electron chi connectivity index (χ4n) is 2.90. The molecule has 0 heterocycles. The smallest absolute Gasteiger partial charge is 0.251 e. The molecular formula is C23H30N2O4S. The highest BCUT2D eigenvalue weighted by molar-refractivity contribution is 7.92. The monoisotopic (exact) mass is 430 g/mol. The summed E-state index contributed by atoms with van der Waals surface area (Å²) < 4.78 is 24.4. The SMILES string of the molecule is CCC(C)NC(=O)c1cccc(CNC(=O)CS(=O)(=O)CCCc2ccccc2)c1. The van der Waals surface area contributed by atoms with Crippen LogP contribution in [0.25, 0.3) is 0 Å². The van der Waals surface area contributed by atoms with E-state index in [4.69, 9.17) is 0 Å². The van der Waals surface area contributed by atoms with Crippen LogP contribution in [0.1, 0.15) is 48.2 Å². The minimum absolute atomic E-state index is 0.0272. The molecule has 0 aliphatic heterocycles. The van der Waals surface area contributed by atoms with E-state index in [1.807, 2.05) is 44.2 Å². The number of rotatable bonds is 11. The maximum absolute atomic E-state index is 12.2. The second-order valence-corrected chi connectivity index (χ2v) is 9.63. The van der Waals surface area contributed by atoms with Crippen molar-refractivity contribution in [3.63, 3.8) is 0 Å². The third kappa shape index (κ3) is 8.37. The summed E-state index contributed by atoms with van der Waals surface area (Å²) >= 11 is 0. The maximum Gasteiger partial charge on any atom is 0.251 e. The van der Waals surface area contributed by atoms with Crippen molar-refractivity contribution in [3.05, 3.63) is 71.3 Å². The maximum atomic E-state index is 12.2. The van der Waals surface area contributed by atoms with E-state index in [9.17, 15) is 18.0 Å². The third-order valence-electron chi connectivity index (χ3n) is 4.78. The van der Waals surface area contributed by atoms with Gasteiger partial charge in [-0.3, -0.25) is 9.59 Å². The van der Waals surface area contributed by atoms with Gasteiger partial charge in [0.25, 0.3) is 5.91 Å².